The smallest absolute Gasteiger partial charge is 0.247 e. The van der Waals surface area contributed by atoms with Gasteiger partial charge in [0.05, 0.1) is 0 Å². The Morgan fingerprint density at radius 1 is 1.04 bits per heavy atom. The Morgan fingerprint density at radius 3 is 2.37 bits per heavy atom. The zero-order valence-electron chi connectivity index (χ0n) is 15.4. The summed E-state index contributed by atoms with van der Waals surface area (Å²) in [6.45, 7) is 1.84. The Bertz CT molecular complexity index is 999. The van der Waals surface area contributed by atoms with Crippen LogP contribution >= 0.6 is 15.9 Å². The van der Waals surface area contributed by atoms with Crippen molar-refractivity contribution in [1.29, 1.82) is 0 Å². The summed E-state index contributed by atoms with van der Waals surface area (Å²) >= 11 is 3.74. The molecule has 2 aliphatic carbocycles. The Labute approximate surface area is 170 Å². The van der Waals surface area contributed by atoms with Crippen molar-refractivity contribution in [3.8, 4) is 0 Å². The zero-order chi connectivity index (χ0) is 19.1. The fourth-order valence-electron chi connectivity index (χ4n) is 4.68. The average molecular weight is 446 g/mol. The summed E-state index contributed by atoms with van der Waals surface area (Å²) in [7, 11) is -3.52. The molecule has 0 radical (unpaired) electrons. The van der Waals surface area contributed by atoms with E-state index in [-0.39, 0.29) is 5.41 Å². The minimum absolute atomic E-state index is 0.0850. The molecule has 4 rings (SSSR count). The van der Waals surface area contributed by atoms with Gasteiger partial charge in [-0.2, -0.15) is 0 Å². The molecule has 1 aromatic heterocycles. The van der Waals surface area contributed by atoms with E-state index in [0.29, 0.717) is 6.42 Å². The molecule has 2 aliphatic rings. The van der Waals surface area contributed by atoms with Crippen molar-refractivity contribution in [2.45, 2.75) is 49.2 Å². The highest BCUT2D eigenvalue weighted by atomic mass is 79.9. The lowest BCUT2D eigenvalue weighted by molar-refractivity contribution is 0.473. The molecular formula is C22H24BrNO2S. The van der Waals surface area contributed by atoms with Crippen molar-refractivity contribution in [3.05, 3.63) is 82.6 Å². The van der Waals surface area contributed by atoms with Crippen LogP contribution in [0.25, 0.3) is 0 Å². The maximum absolute atomic E-state index is 13.3. The van der Waals surface area contributed by atoms with Gasteiger partial charge in [-0.15, -0.1) is 0 Å². The van der Waals surface area contributed by atoms with Gasteiger partial charge in [-0.3, -0.25) is 3.97 Å². The third kappa shape index (κ3) is 2.95. The molecule has 1 fully saturated rings. The van der Waals surface area contributed by atoms with Gasteiger partial charge < -0.3 is 0 Å². The highest BCUT2D eigenvalue weighted by Gasteiger charge is 2.47. The van der Waals surface area contributed by atoms with Crippen LogP contribution in [0, 0.1) is 0 Å². The highest BCUT2D eigenvalue weighted by molar-refractivity contribution is 9.10. The molecular weight excluding hydrogens is 422 g/mol. The van der Waals surface area contributed by atoms with Crippen LogP contribution in [0.15, 0.2) is 77.1 Å². The second kappa shape index (κ2) is 6.78. The quantitative estimate of drug-likeness (QED) is 0.615. The van der Waals surface area contributed by atoms with Crippen LogP contribution in [-0.4, -0.2) is 17.1 Å². The Morgan fingerprint density at radius 2 is 1.70 bits per heavy atom. The highest BCUT2D eigenvalue weighted by Crippen LogP contribution is 2.52. The summed E-state index contributed by atoms with van der Waals surface area (Å²) in [5.41, 5.74) is 2.43. The number of hydrogen-bond donors (Lipinski definition) is 0. The van der Waals surface area contributed by atoms with E-state index in [1.807, 2.05) is 25.1 Å². The molecule has 1 heterocycles. The molecule has 0 aliphatic heterocycles. The predicted octanol–water partition coefficient (Wildman–Crippen LogP) is 5.59. The van der Waals surface area contributed by atoms with Gasteiger partial charge >= 0.3 is 0 Å². The van der Waals surface area contributed by atoms with E-state index in [2.05, 4.69) is 40.2 Å². The number of halogens is 1. The Hall–Kier alpha value is -1.59. The first kappa shape index (κ1) is 18.8. The van der Waals surface area contributed by atoms with Gasteiger partial charge in [0.15, 0.2) is 0 Å². The first-order valence-electron chi connectivity index (χ1n) is 9.41. The lowest BCUT2D eigenvalue weighted by Crippen LogP contribution is -2.41. The van der Waals surface area contributed by atoms with Crippen molar-refractivity contribution in [3.63, 3.8) is 0 Å². The third-order valence-electron chi connectivity index (χ3n) is 6.19. The van der Waals surface area contributed by atoms with E-state index in [1.54, 1.807) is 24.5 Å². The molecule has 142 valence electrons. The predicted molar refractivity (Wildman–Crippen MR) is 113 cm³/mol. The summed E-state index contributed by atoms with van der Waals surface area (Å²) in [4.78, 5) is 0. The summed E-state index contributed by atoms with van der Waals surface area (Å²) < 4.78 is 28.1. The van der Waals surface area contributed by atoms with Gasteiger partial charge in [-0.05, 0) is 49.9 Å². The summed E-state index contributed by atoms with van der Waals surface area (Å²) in [6, 6.07) is 11.9. The van der Waals surface area contributed by atoms with E-state index in [4.69, 9.17) is 0 Å². The van der Waals surface area contributed by atoms with Crippen LogP contribution in [0.2, 0.25) is 0 Å². The second-order valence-corrected chi connectivity index (χ2v) is 11.0. The minimum atomic E-state index is -3.52. The van der Waals surface area contributed by atoms with Gasteiger partial charge in [0.1, 0.15) is 4.75 Å². The largest absolute Gasteiger partial charge is 0.252 e. The van der Waals surface area contributed by atoms with Crippen molar-refractivity contribution in [2.24, 2.45) is 0 Å². The number of nitrogens with zero attached hydrogens (tertiary/aromatic N) is 1. The summed E-state index contributed by atoms with van der Waals surface area (Å²) in [5, 5.41) is 0. The van der Waals surface area contributed by atoms with Crippen LogP contribution in [0.1, 0.15) is 44.6 Å². The van der Waals surface area contributed by atoms with Crippen molar-refractivity contribution in [2.75, 3.05) is 0 Å². The second-order valence-electron chi connectivity index (χ2n) is 7.83. The van der Waals surface area contributed by atoms with E-state index < -0.39 is 14.8 Å². The standard InChI is InChI=1S/C22H24BrNO2S/c1-21(27(25,26)24-15-6-7-16-24)12-8-9-18(17-21)22(13-4-5-14-22)19-10-2-3-11-20(19)23/h2-3,6-12,15-16H,4-5,13-14,17H2,1H3. The molecule has 3 nitrogen and oxygen atoms in total. The Kier molecular flexibility index (Phi) is 4.71. The van der Waals surface area contributed by atoms with Gasteiger partial charge in [-0.25, -0.2) is 8.42 Å². The molecule has 1 saturated carbocycles. The molecule has 0 N–H and O–H groups in total. The van der Waals surface area contributed by atoms with Gasteiger partial charge in [0.25, 0.3) is 0 Å². The van der Waals surface area contributed by atoms with Crippen LogP contribution < -0.4 is 0 Å². The van der Waals surface area contributed by atoms with E-state index in [0.717, 1.165) is 17.3 Å². The van der Waals surface area contributed by atoms with Crippen LogP contribution in [0.5, 0.6) is 0 Å². The average Bonchev–Trinajstić information content (AvgIpc) is 3.35. The number of allylic oxidation sites excluding steroid dienone is 3. The van der Waals surface area contributed by atoms with E-state index in [1.165, 1.54) is 28.0 Å². The van der Waals surface area contributed by atoms with Gasteiger partial charge in [-0.1, -0.05) is 70.8 Å². The number of hydrogen-bond acceptors (Lipinski definition) is 2. The fraction of sp³-hybridized carbons (Fsp3) is 0.364. The molecule has 27 heavy (non-hydrogen) atoms. The van der Waals surface area contributed by atoms with Gasteiger partial charge in [0, 0.05) is 22.3 Å². The van der Waals surface area contributed by atoms with Crippen LogP contribution in [0.4, 0.5) is 0 Å². The lowest BCUT2D eigenvalue weighted by Gasteiger charge is -2.39. The summed E-state index contributed by atoms with van der Waals surface area (Å²) in [5.74, 6) is 0. The van der Waals surface area contributed by atoms with Crippen LogP contribution in [-0.2, 0) is 15.4 Å². The topological polar surface area (TPSA) is 39.1 Å². The van der Waals surface area contributed by atoms with Crippen molar-refractivity contribution >= 4 is 26.0 Å². The maximum Gasteiger partial charge on any atom is 0.247 e. The molecule has 2 aromatic rings. The molecule has 0 saturated heterocycles. The summed E-state index contributed by atoms with van der Waals surface area (Å²) in [6.07, 6.45) is 14.2. The molecule has 1 unspecified atom stereocenters. The van der Waals surface area contributed by atoms with Crippen molar-refractivity contribution < 1.29 is 8.42 Å². The monoisotopic (exact) mass is 445 g/mol. The van der Waals surface area contributed by atoms with E-state index in [9.17, 15) is 8.42 Å². The first-order valence-corrected chi connectivity index (χ1v) is 11.6. The molecule has 5 heteroatoms. The molecule has 0 bridgehead atoms. The third-order valence-corrected chi connectivity index (χ3v) is 9.14. The number of aromatic nitrogens is 1. The molecule has 0 amide bonds. The maximum atomic E-state index is 13.3. The first-order chi connectivity index (χ1) is 12.9. The zero-order valence-corrected chi connectivity index (χ0v) is 17.8. The van der Waals surface area contributed by atoms with E-state index >= 15 is 0 Å². The molecule has 1 atom stereocenters. The fourth-order valence-corrected chi connectivity index (χ4v) is 6.88. The Balaban J connectivity index is 1.78. The minimum Gasteiger partial charge on any atom is -0.252 e. The normalized spacial score (nSPS) is 24.7. The lowest BCUT2D eigenvalue weighted by atomic mass is 9.69. The number of rotatable bonds is 4. The molecule has 0 spiro atoms. The van der Waals surface area contributed by atoms with Crippen molar-refractivity contribution in [1.82, 2.24) is 3.97 Å². The molecule has 1 aromatic carbocycles. The van der Waals surface area contributed by atoms with Crippen LogP contribution in [0.3, 0.4) is 0 Å². The SMILES string of the molecule is CC1(S(=O)(=O)n2cccc2)C=CC=C(C2(c3ccccc3Br)CCCC2)C1. The number of benzene rings is 1. The van der Waals surface area contributed by atoms with Gasteiger partial charge in [0.2, 0.25) is 10.0 Å².